The lowest BCUT2D eigenvalue weighted by Gasteiger charge is -2.26. The predicted molar refractivity (Wildman–Crippen MR) is 93.4 cm³/mol. The average molecular weight is 365 g/mol. The van der Waals surface area contributed by atoms with E-state index in [1.807, 2.05) is 0 Å². The minimum Gasteiger partial charge on any atom is -0.444 e. The summed E-state index contributed by atoms with van der Waals surface area (Å²) in [5, 5.41) is 0. The molecule has 7 nitrogen and oxygen atoms in total. The minimum absolute atomic E-state index is 0.153. The Morgan fingerprint density at radius 3 is 2.77 bits per heavy atom. The molecule has 0 spiro atoms. The number of carbonyl (C=O) groups is 2. The Balaban J connectivity index is 1.58. The highest BCUT2D eigenvalue weighted by atomic mass is 19.1. The number of halogens is 1. The van der Waals surface area contributed by atoms with Crippen molar-refractivity contribution in [2.45, 2.75) is 25.4 Å². The van der Waals surface area contributed by atoms with Gasteiger partial charge < -0.3 is 15.2 Å². The van der Waals surface area contributed by atoms with Crippen molar-refractivity contribution in [2.75, 3.05) is 44.3 Å². The first-order valence-corrected chi connectivity index (χ1v) is 8.88. The zero-order valence-electron chi connectivity index (χ0n) is 14.7. The van der Waals surface area contributed by atoms with Crippen LogP contribution in [0.1, 0.15) is 18.4 Å². The second kappa shape index (κ2) is 8.46. The largest absolute Gasteiger partial charge is 0.444 e. The van der Waals surface area contributed by atoms with Gasteiger partial charge in [0.2, 0.25) is 5.91 Å². The van der Waals surface area contributed by atoms with Crippen molar-refractivity contribution in [3.63, 3.8) is 0 Å². The number of ether oxygens (including phenoxy) is 2. The number of benzene rings is 1. The fourth-order valence-corrected chi connectivity index (χ4v) is 3.20. The lowest BCUT2D eigenvalue weighted by Crippen LogP contribution is -2.37. The van der Waals surface area contributed by atoms with Gasteiger partial charge in [0.25, 0.3) is 0 Å². The number of nitrogens with two attached hydrogens (primary N) is 1. The molecule has 0 saturated carbocycles. The van der Waals surface area contributed by atoms with Crippen LogP contribution < -0.4 is 10.6 Å². The number of anilines is 1. The van der Waals surface area contributed by atoms with Gasteiger partial charge in [-0.3, -0.25) is 14.6 Å². The third-order valence-corrected chi connectivity index (χ3v) is 4.74. The molecule has 2 aliphatic rings. The van der Waals surface area contributed by atoms with Gasteiger partial charge in [0.05, 0.1) is 25.4 Å². The smallest absolute Gasteiger partial charge is 0.414 e. The van der Waals surface area contributed by atoms with Crippen LogP contribution in [0.4, 0.5) is 14.9 Å². The van der Waals surface area contributed by atoms with E-state index in [0.29, 0.717) is 30.6 Å². The summed E-state index contributed by atoms with van der Waals surface area (Å²) in [5.74, 6) is -0.765. The molecule has 2 amide bonds. The maximum atomic E-state index is 14.5. The van der Waals surface area contributed by atoms with Crippen molar-refractivity contribution in [3.05, 3.63) is 29.6 Å². The van der Waals surface area contributed by atoms with Crippen LogP contribution in [0.2, 0.25) is 0 Å². The number of hydrogen-bond acceptors (Lipinski definition) is 5. The molecule has 1 aromatic rings. The van der Waals surface area contributed by atoms with Crippen LogP contribution in [0, 0.1) is 5.82 Å². The third-order valence-electron chi connectivity index (χ3n) is 4.74. The van der Waals surface area contributed by atoms with Gasteiger partial charge >= 0.3 is 6.09 Å². The van der Waals surface area contributed by atoms with Crippen LogP contribution in [0.15, 0.2) is 18.2 Å². The maximum Gasteiger partial charge on any atom is 0.414 e. The van der Waals surface area contributed by atoms with Crippen molar-refractivity contribution in [1.82, 2.24) is 4.90 Å². The first-order valence-electron chi connectivity index (χ1n) is 8.88. The number of rotatable bonds is 7. The number of hydrogen-bond donors (Lipinski definition) is 1. The molecule has 2 fully saturated rings. The summed E-state index contributed by atoms with van der Waals surface area (Å²) < 4.78 is 25.0. The summed E-state index contributed by atoms with van der Waals surface area (Å²) in [4.78, 5) is 26.5. The molecule has 0 aromatic heterocycles. The molecular weight excluding hydrogens is 341 g/mol. The Labute approximate surface area is 151 Å². The van der Waals surface area contributed by atoms with E-state index in [1.54, 1.807) is 12.1 Å². The standard InChI is InChI=1S/C18H24FN3O4/c19-16-11-14(22-12-15(26-18(22)24)3-4-17(20)23)2-1-13(16)5-6-21-7-9-25-10-8-21/h1-2,11,15H,3-10,12H2,(H2,20,23)/t15-/m0/s1. The minimum atomic E-state index is -0.528. The Hall–Kier alpha value is -2.19. The number of cyclic esters (lactones) is 1. The number of nitrogens with zero attached hydrogens (tertiary/aromatic N) is 2. The van der Waals surface area contributed by atoms with Crippen molar-refractivity contribution >= 4 is 17.7 Å². The number of carbonyl (C=O) groups excluding carboxylic acids is 2. The average Bonchev–Trinajstić information content (AvgIpc) is 3.00. The molecule has 2 aliphatic heterocycles. The molecule has 2 N–H and O–H groups in total. The highest BCUT2D eigenvalue weighted by Crippen LogP contribution is 2.25. The number of amides is 2. The molecule has 3 rings (SSSR count). The molecule has 26 heavy (non-hydrogen) atoms. The molecular formula is C18H24FN3O4. The zero-order chi connectivity index (χ0) is 18.5. The molecule has 0 aliphatic carbocycles. The third kappa shape index (κ3) is 4.70. The van der Waals surface area contributed by atoms with Gasteiger partial charge in [0.1, 0.15) is 11.9 Å². The van der Waals surface area contributed by atoms with Crippen LogP contribution >= 0.6 is 0 Å². The molecule has 0 bridgehead atoms. The Kier molecular flexibility index (Phi) is 6.05. The summed E-state index contributed by atoms with van der Waals surface area (Å²) in [6.45, 7) is 4.24. The van der Waals surface area contributed by atoms with Gasteiger partial charge in [0, 0.05) is 26.1 Å². The van der Waals surface area contributed by atoms with Crippen LogP contribution in [0.5, 0.6) is 0 Å². The molecule has 2 heterocycles. The molecule has 142 valence electrons. The monoisotopic (exact) mass is 365 g/mol. The Bertz CT molecular complexity index is 664. The highest BCUT2D eigenvalue weighted by molar-refractivity contribution is 5.89. The SMILES string of the molecule is NC(=O)CC[C@H]1CN(c2ccc(CCN3CCOCC3)c(F)c2)C(=O)O1. The molecule has 1 aromatic carbocycles. The van der Waals surface area contributed by atoms with Crippen LogP contribution in [0.25, 0.3) is 0 Å². The summed E-state index contributed by atoms with van der Waals surface area (Å²) in [6, 6.07) is 4.82. The summed E-state index contributed by atoms with van der Waals surface area (Å²) in [5.41, 5.74) is 6.20. The first-order chi connectivity index (χ1) is 12.5. The van der Waals surface area contributed by atoms with Gasteiger partial charge in [-0.15, -0.1) is 0 Å². The normalized spacial score (nSPS) is 21.0. The van der Waals surface area contributed by atoms with E-state index in [0.717, 1.165) is 32.8 Å². The van der Waals surface area contributed by atoms with E-state index < -0.39 is 18.1 Å². The second-order valence-corrected chi connectivity index (χ2v) is 6.60. The molecule has 2 saturated heterocycles. The lowest BCUT2D eigenvalue weighted by molar-refractivity contribution is -0.118. The van der Waals surface area contributed by atoms with Crippen LogP contribution in [-0.4, -0.2) is 62.4 Å². The van der Waals surface area contributed by atoms with Crippen molar-refractivity contribution in [3.8, 4) is 0 Å². The van der Waals surface area contributed by atoms with E-state index in [2.05, 4.69) is 4.90 Å². The molecule has 0 unspecified atom stereocenters. The van der Waals surface area contributed by atoms with Crippen molar-refractivity contribution in [2.24, 2.45) is 5.73 Å². The van der Waals surface area contributed by atoms with E-state index in [-0.39, 0.29) is 12.2 Å². The molecule has 8 heteroatoms. The van der Waals surface area contributed by atoms with Gasteiger partial charge in [-0.25, -0.2) is 9.18 Å². The van der Waals surface area contributed by atoms with Gasteiger partial charge in [0.15, 0.2) is 0 Å². The fourth-order valence-electron chi connectivity index (χ4n) is 3.20. The van der Waals surface area contributed by atoms with Crippen molar-refractivity contribution < 1.29 is 23.5 Å². The Morgan fingerprint density at radius 2 is 2.08 bits per heavy atom. The first kappa shape index (κ1) is 18.6. The fraction of sp³-hybridized carbons (Fsp3) is 0.556. The number of morpholine rings is 1. The van der Waals surface area contributed by atoms with E-state index in [4.69, 9.17) is 15.2 Å². The van der Waals surface area contributed by atoms with Crippen molar-refractivity contribution in [1.29, 1.82) is 0 Å². The topological polar surface area (TPSA) is 85.1 Å². The quantitative estimate of drug-likeness (QED) is 0.787. The van der Waals surface area contributed by atoms with E-state index in [1.165, 1.54) is 11.0 Å². The summed E-state index contributed by atoms with van der Waals surface area (Å²) >= 11 is 0. The maximum absolute atomic E-state index is 14.5. The van der Waals surface area contributed by atoms with Crippen LogP contribution in [-0.2, 0) is 20.7 Å². The Morgan fingerprint density at radius 1 is 1.31 bits per heavy atom. The second-order valence-electron chi connectivity index (χ2n) is 6.60. The summed E-state index contributed by atoms with van der Waals surface area (Å²) in [6.07, 6.45) is 0.204. The van der Waals surface area contributed by atoms with Gasteiger partial charge in [-0.1, -0.05) is 6.07 Å². The summed E-state index contributed by atoms with van der Waals surface area (Å²) in [7, 11) is 0. The highest BCUT2D eigenvalue weighted by Gasteiger charge is 2.32. The van der Waals surface area contributed by atoms with E-state index in [9.17, 15) is 14.0 Å². The van der Waals surface area contributed by atoms with Gasteiger partial charge in [-0.2, -0.15) is 0 Å². The van der Waals surface area contributed by atoms with Crippen LogP contribution in [0.3, 0.4) is 0 Å². The molecule has 1 atom stereocenters. The van der Waals surface area contributed by atoms with Gasteiger partial charge in [-0.05, 0) is 30.5 Å². The molecule has 0 radical (unpaired) electrons. The van der Waals surface area contributed by atoms with E-state index >= 15 is 0 Å². The predicted octanol–water partition coefficient (Wildman–Crippen LogP) is 1.29. The number of primary amides is 1. The lowest BCUT2D eigenvalue weighted by atomic mass is 10.1. The zero-order valence-corrected chi connectivity index (χ0v) is 14.7.